The van der Waals surface area contributed by atoms with E-state index in [0.717, 1.165) is 11.3 Å². The molecule has 0 bridgehead atoms. The van der Waals surface area contributed by atoms with Gasteiger partial charge >= 0.3 is 5.97 Å². The topological polar surface area (TPSA) is 80.2 Å². The monoisotopic (exact) mass is 328 g/mol. The fraction of sp³-hybridized carbons (Fsp3) is 0.222. The van der Waals surface area contributed by atoms with E-state index in [2.05, 4.69) is 10.5 Å². The third-order valence-electron chi connectivity index (χ3n) is 3.13. The molecule has 6 heteroatoms. The highest BCUT2D eigenvalue weighted by Crippen LogP contribution is 2.24. The fourth-order valence-electron chi connectivity index (χ4n) is 2.02. The largest absolute Gasteiger partial charge is 0.494 e. The predicted molar refractivity (Wildman–Crippen MR) is 93.4 cm³/mol. The molecule has 0 aliphatic heterocycles. The van der Waals surface area contributed by atoms with Crippen LogP contribution in [0.2, 0.25) is 0 Å². The van der Waals surface area contributed by atoms with Gasteiger partial charge in [0.05, 0.1) is 30.7 Å². The Morgan fingerprint density at radius 3 is 2.46 bits per heavy atom. The molecule has 6 nitrogen and oxygen atoms in total. The molecule has 2 aromatic carbocycles. The second kappa shape index (κ2) is 8.57. The standard InChI is InChI=1S/C18H20N2O4/c1-3-23-16-10-7-14(17(11-16)24-4-2)12-19-20-15-8-5-13(6-9-15)18(21)22/h5-12,20H,3-4H2,1-2H3,(H,21,22). The van der Waals surface area contributed by atoms with Crippen LogP contribution < -0.4 is 14.9 Å². The first-order chi connectivity index (χ1) is 11.6. The highest BCUT2D eigenvalue weighted by molar-refractivity contribution is 5.88. The summed E-state index contributed by atoms with van der Waals surface area (Å²) in [5.74, 6) is 0.478. The quantitative estimate of drug-likeness (QED) is 0.571. The Bertz CT molecular complexity index is 711. The van der Waals surface area contributed by atoms with Crippen molar-refractivity contribution in [2.75, 3.05) is 18.6 Å². The zero-order valence-corrected chi connectivity index (χ0v) is 13.7. The van der Waals surface area contributed by atoms with Crippen LogP contribution in [0.3, 0.4) is 0 Å². The molecule has 0 heterocycles. The maximum atomic E-state index is 10.8. The van der Waals surface area contributed by atoms with Gasteiger partial charge in [-0.2, -0.15) is 5.10 Å². The number of carbonyl (C=O) groups is 1. The van der Waals surface area contributed by atoms with Crippen molar-refractivity contribution in [3.63, 3.8) is 0 Å². The Morgan fingerprint density at radius 2 is 1.83 bits per heavy atom. The van der Waals surface area contributed by atoms with E-state index in [0.29, 0.717) is 24.7 Å². The van der Waals surface area contributed by atoms with E-state index < -0.39 is 5.97 Å². The Labute approximate surface area is 140 Å². The Kier molecular flexibility index (Phi) is 6.19. The number of nitrogens with one attached hydrogen (secondary N) is 1. The molecule has 0 atom stereocenters. The number of carboxylic acids is 1. The normalized spacial score (nSPS) is 10.6. The molecule has 126 valence electrons. The zero-order valence-electron chi connectivity index (χ0n) is 13.7. The molecule has 2 rings (SSSR count). The molecule has 0 fully saturated rings. The van der Waals surface area contributed by atoms with Gasteiger partial charge < -0.3 is 14.6 Å². The summed E-state index contributed by atoms with van der Waals surface area (Å²) in [6, 6.07) is 11.9. The number of carboxylic acid groups (broad SMARTS) is 1. The van der Waals surface area contributed by atoms with E-state index >= 15 is 0 Å². The molecule has 0 aliphatic carbocycles. The van der Waals surface area contributed by atoms with Crippen LogP contribution in [0.1, 0.15) is 29.8 Å². The van der Waals surface area contributed by atoms with Gasteiger partial charge in [0, 0.05) is 11.6 Å². The van der Waals surface area contributed by atoms with Crippen molar-refractivity contribution in [2.24, 2.45) is 5.10 Å². The van der Waals surface area contributed by atoms with E-state index in [-0.39, 0.29) is 5.56 Å². The summed E-state index contributed by atoms with van der Waals surface area (Å²) in [6.45, 7) is 4.97. The van der Waals surface area contributed by atoms with Crippen LogP contribution in [0, 0.1) is 0 Å². The summed E-state index contributed by atoms with van der Waals surface area (Å²) < 4.78 is 11.1. The molecule has 0 spiro atoms. The smallest absolute Gasteiger partial charge is 0.335 e. The first-order valence-electron chi connectivity index (χ1n) is 7.66. The van der Waals surface area contributed by atoms with Crippen LogP contribution >= 0.6 is 0 Å². The number of nitrogens with zero attached hydrogens (tertiary/aromatic N) is 1. The molecule has 2 aromatic rings. The van der Waals surface area contributed by atoms with Crippen molar-refractivity contribution in [3.8, 4) is 11.5 Å². The van der Waals surface area contributed by atoms with Gasteiger partial charge in [0.15, 0.2) is 0 Å². The van der Waals surface area contributed by atoms with E-state index in [1.165, 1.54) is 12.1 Å². The number of anilines is 1. The summed E-state index contributed by atoms with van der Waals surface area (Å²) in [7, 11) is 0. The summed E-state index contributed by atoms with van der Waals surface area (Å²) in [5, 5.41) is 13.0. The van der Waals surface area contributed by atoms with Gasteiger partial charge in [-0.15, -0.1) is 0 Å². The van der Waals surface area contributed by atoms with Crippen molar-refractivity contribution in [3.05, 3.63) is 53.6 Å². The third-order valence-corrected chi connectivity index (χ3v) is 3.13. The highest BCUT2D eigenvalue weighted by Gasteiger charge is 2.04. The van der Waals surface area contributed by atoms with Crippen LogP contribution in [0.15, 0.2) is 47.6 Å². The summed E-state index contributed by atoms with van der Waals surface area (Å²) in [6.07, 6.45) is 1.64. The zero-order chi connectivity index (χ0) is 17.4. The minimum atomic E-state index is -0.958. The predicted octanol–water partition coefficient (Wildman–Crippen LogP) is 3.63. The molecule has 2 N–H and O–H groups in total. The van der Waals surface area contributed by atoms with Gasteiger partial charge in [-0.1, -0.05) is 0 Å². The Hall–Kier alpha value is -3.02. The van der Waals surface area contributed by atoms with Crippen LogP contribution in [0.5, 0.6) is 11.5 Å². The molecule has 0 radical (unpaired) electrons. The molecule has 0 aromatic heterocycles. The number of hydrogen-bond donors (Lipinski definition) is 2. The number of hydrazone groups is 1. The molecule has 24 heavy (non-hydrogen) atoms. The summed E-state index contributed by atoms with van der Waals surface area (Å²) in [5.41, 5.74) is 4.60. The van der Waals surface area contributed by atoms with Crippen molar-refractivity contribution >= 4 is 17.9 Å². The van der Waals surface area contributed by atoms with Crippen LogP contribution in [0.4, 0.5) is 5.69 Å². The summed E-state index contributed by atoms with van der Waals surface area (Å²) >= 11 is 0. The minimum absolute atomic E-state index is 0.231. The second-order valence-corrected chi connectivity index (χ2v) is 4.82. The van der Waals surface area contributed by atoms with Crippen molar-refractivity contribution < 1.29 is 19.4 Å². The highest BCUT2D eigenvalue weighted by atomic mass is 16.5. The Morgan fingerprint density at radius 1 is 1.12 bits per heavy atom. The number of ether oxygens (including phenoxy) is 2. The second-order valence-electron chi connectivity index (χ2n) is 4.82. The van der Waals surface area contributed by atoms with Crippen LogP contribution in [-0.2, 0) is 0 Å². The van der Waals surface area contributed by atoms with Gasteiger partial charge in [-0.3, -0.25) is 5.43 Å². The van der Waals surface area contributed by atoms with E-state index in [1.807, 2.05) is 32.0 Å². The van der Waals surface area contributed by atoms with Gasteiger partial charge in [0.25, 0.3) is 0 Å². The average molecular weight is 328 g/mol. The van der Waals surface area contributed by atoms with Gasteiger partial charge in [0.2, 0.25) is 0 Å². The van der Waals surface area contributed by atoms with E-state index in [9.17, 15) is 4.79 Å². The maximum absolute atomic E-state index is 10.8. The lowest BCUT2D eigenvalue weighted by Crippen LogP contribution is -2.00. The lowest BCUT2D eigenvalue weighted by Gasteiger charge is -2.10. The Balaban J connectivity index is 2.08. The molecule has 0 saturated heterocycles. The van der Waals surface area contributed by atoms with Gasteiger partial charge in [-0.25, -0.2) is 4.79 Å². The summed E-state index contributed by atoms with van der Waals surface area (Å²) in [4.78, 5) is 10.8. The van der Waals surface area contributed by atoms with Crippen LogP contribution in [0.25, 0.3) is 0 Å². The minimum Gasteiger partial charge on any atom is -0.494 e. The first-order valence-corrected chi connectivity index (χ1v) is 7.66. The van der Waals surface area contributed by atoms with E-state index in [4.69, 9.17) is 14.6 Å². The van der Waals surface area contributed by atoms with Crippen molar-refractivity contribution in [1.29, 1.82) is 0 Å². The molecule has 0 saturated carbocycles. The maximum Gasteiger partial charge on any atom is 0.335 e. The van der Waals surface area contributed by atoms with Crippen molar-refractivity contribution in [1.82, 2.24) is 0 Å². The average Bonchev–Trinajstić information content (AvgIpc) is 2.58. The van der Waals surface area contributed by atoms with Gasteiger partial charge in [-0.05, 0) is 50.2 Å². The molecule has 0 unspecified atom stereocenters. The SMILES string of the molecule is CCOc1ccc(C=NNc2ccc(C(=O)O)cc2)c(OCC)c1. The molecular formula is C18H20N2O4. The third kappa shape index (κ3) is 4.74. The number of hydrogen-bond acceptors (Lipinski definition) is 5. The van der Waals surface area contributed by atoms with Gasteiger partial charge in [0.1, 0.15) is 11.5 Å². The molecule has 0 aliphatic rings. The molecule has 0 amide bonds. The van der Waals surface area contributed by atoms with Crippen molar-refractivity contribution in [2.45, 2.75) is 13.8 Å². The fourth-order valence-corrected chi connectivity index (χ4v) is 2.02. The van der Waals surface area contributed by atoms with E-state index in [1.54, 1.807) is 18.3 Å². The number of aromatic carboxylic acids is 1. The number of benzene rings is 2. The first kappa shape index (κ1) is 17.3. The lowest BCUT2D eigenvalue weighted by atomic mass is 10.2. The number of rotatable bonds is 8. The molecular weight excluding hydrogens is 308 g/mol. The lowest BCUT2D eigenvalue weighted by molar-refractivity contribution is 0.0697. The van der Waals surface area contributed by atoms with Crippen LogP contribution in [-0.4, -0.2) is 30.5 Å².